The highest BCUT2D eigenvalue weighted by Gasteiger charge is 2.09. The Labute approximate surface area is 67.6 Å². The summed E-state index contributed by atoms with van der Waals surface area (Å²) in [5.74, 6) is 0. The molecular weight excluding hydrogens is 150 g/mol. The Bertz CT molecular complexity index is 105. The van der Waals surface area contributed by atoms with Crippen molar-refractivity contribution >= 4 is 24.7 Å². The largest absolute Gasteiger partial charge is 0.332 e. The highest BCUT2D eigenvalue weighted by molar-refractivity contribution is 7.58. The van der Waals surface area contributed by atoms with E-state index in [-0.39, 0.29) is 17.4 Å². The van der Waals surface area contributed by atoms with Gasteiger partial charge in [-0.25, -0.2) is 0 Å². The molecule has 0 N–H and O–H groups in total. The highest BCUT2D eigenvalue weighted by Crippen LogP contribution is 2.41. The van der Waals surface area contributed by atoms with Gasteiger partial charge in [-0.2, -0.15) is 0 Å². The van der Waals surface area contributed by atoms with Crippen LogP contribution < -0.4 is 0 Å². The lowest BCUT2D eigenvalue weighted by Gasteiger charge is -2.06. The standard InChI is InChI=1S/C5H13O2P.Al.3H/c1-4-5-8(3,6)7-2;;;;/h4-5H2,1-3H3;;;;. The number of rotatable bonds is 3. The summed E-state index contributed by atoms with van der Waals surface area (Å²) in [7, 11) is -0.677. The summed E-state index contributed by atoms with van der Waals surface area (Å²) in [4.78, 5) is 0. The Kier molecular flexibility index (Phi) is 7.58. The van der Waals surface area contributed by atoms with E-state index < -0.39 is 7.37 Å². The second-order valence-corrected chi connectivity index (χ2v) is 4.76. The van der Waals surface area contributed by atoms with E-state index in [1.807, 2.05) is 6.92 Å². The van der Waals surface area contributed by atoms with Gasteiger partial charge in [0.1, 0.15) is 0 Å². The summed E-state index contributed by atoms with van der Waals surface area (Å²) < 4.78 is 15.7. The zero-order chi connectivity index (χ0) is 6.62. The van der Waals surface area contributed by atoms with Crippen molar-refractivity contribution in [3.63, 3.8) is 0 Å². The van der Waals surface area contributed by atoms with Crippen molar-refractivity contribution in [3.8, 4) is 0 Å². The lowest BCUT2D eigenvalue weighted by molar-refractivity contribution is 0.398. The van der Waals surface area contributed by atoms with E-state index in [1.54, 1.807) is 6.66 Å². The van der Waals surface area contributed by atoms with Gasteiger partial charge in [0, 0.05) is 19.9 Å². The first kappa shape index (κ1) is 12.4. The van der Waals surface area contributed by atoms with Crippen LogP contribution in [-0.2, 0) is 9.09 Å². The van der Waals surface area contributed by atoms with Crippen LogP contribution in [0.4, 0.5) is 0 Å². The molecule has 0 spiro atoms. The van der Waals surface area contributed by atoms with E-state index in [0.717, 1.165) is 6.42 Å². The molecule has 1 unspecified atom stereocenters. The lowest BCUT2D eigenvalue weighted by Crippen LogP contribution is -1.86. The number of hydrogen-bond acceptors (Lipinski definition) is 2. The molecule has 0 radical (unpaired) electrons. The summed E-state index contributed by atoms with van der Waals surface area (Å²) >= 11 is 0. The molecule has 2 nitrogen and oxygen atoms in total. The Morgan fingerprint density at radius 2 is 2.00 bits per heavy atom. The molecule has 0 amide bonds. The molecule has 0 fully saturated rings. The van der Waals surface area contributed by atoms with E-state index >= 15 is 0 Å². The number of hydrogen-bond donors (Lipinski definition) is 0. The van der Waals surface area contributed by atoms with Gasteiger partial charge < -0.3 is 4.52 Å². The fraction of sp³-hybridized carbons (Fsp3) is 1.00. The van der Waals surface area contributed by atoms with Crippen LogP contribution in [0.3, 0.4) is 0 Å². The SMILES string of the molecule is CCCP(C)(=O)OC.[AlH3]. The van der Waals surface area contributed by atoms with Crippen molar-refractivity contribution in [2.24, 2.45) is 0 Å². The Morgan fingerprint density at radius 1 is 1.56 bits per heavy atom. The first-order chi connectivity index (χ1) is 3.62. The maximum atomic E-state index is 11.0. The van der Waals surface area contributed by atoms with Gasteiger partial charge in [-0.15, -0.1) is 0 Å². The van der Waals surface area contributed by atoms with Crippen LogP contribution >= 0.6 is 7.37 Å². The molecule has 1 atom stereocenters. The van der Waals surface area contributed by atoms with Gasteiger partial charge in [0.25, 0.3) is 0 Å². The van der Waals surface area contributed by atoms with Crippen LogP contribution in [0.5, 0.6) is 0 Å². The molecule has 0 rings (SSSR count). The molecule has 0 aliphatic rings. The molecule has 56 valence electrons. The predicted molar refractivity (Wildman–Crippen MR) is 45.6 cm³/mol. The van der Waals surface area contributed by atoms with Crippen molar-refractivity contribution in [2.75, 3.05) is 19.9 Å². The van der Waals surface area contributed by atoms with Crippen LogP contribution in [0.25, 0.3) is 0 Å². The normalized spacial score (nSPS) is 15.9. The molecular formula is C5H16AlO2P. The molecule has 0 aliphatic heterocycles. The van der Waals surface area contributed by atoms with Gasteiger partial charge in [0.15, 0.2) is 24.7 Å². The average Bonchev–Trinajstić information content (AvgIpc) is 1.67. The quantitative estimate of drug-likeness (QED) is 0.457. The maximum absolute atomic E-state index is 11.0. The molecule has 0 heterocycles. The van der Waals surface area contributed by atoms with Crippen molar-refractivity contribution in [1.29, 1.82) is 0 Å². The lowest BCUT2D eigenvalue weighted by atomic mass is 10.6. The fourth-order valence-corrected chi connectivity index (χ4v) is 1.49. The molecule has 9 heavy (non-hydrogen) atoms. The van der Waals surface area contributed by atoms with Crippen LogP contribution in [0.1, 0.15) is 13.3 Å². The van der Waals surface area contributed by atoms with Crippen LogP contribution in [0.15, 0.2) is 0 Å². The zero-order valence-corrected chi connectivity index (χ0v) is 6.57. The molecule has 0 aromatic carbocycles. The molecule has 4 heteroatoms. The van der Waals surface area contributed by atoms with E-state index in [9.17, 15) is 4.57 Å². The summed E-state index contributed by atoms with van der Waals surface area (Å²) in [6.45, 7) is 3.66. The first-order valence-electron chi connectivity index (χ1n) is 2.74. The first-order valence-corrected chi connectivity index (χ1v) is 5.00. The van der Waals surface area contributed by atoms with Gasteiger partial charge >= 0.3 is 0 Å². The molecule has 0 aromatic rings. The Morgan fingerprint density at radius 3 is 2.11 bits per heavy atom. The second kappa shape index (κ2) is 5.50. The minimum absolute atomic E-state index is 0. The fourth-order valence-electron chi connectivity index (χ4n) is 0.497. The van der Waals surface area contributed by atoms with Crippen molar-refractivity contribution in [1.82, 2.24) is 0 Å². The van der Waals surface area contributed by atoms with Crippen LogP contribution in [0.2, 0.25) is 0 Å². The van der Waals surface area contributed by atoms with Gasteiger partial charge in [0.2, 0.25) is 0 Å². The smallest absolute Gasteiger partial charge is 0.199 e. The van der Waals surface area contributed by atoms with Crippen molar-refractivity contribution in [3.05, 3.63) is 0 Å². The van der Waals surface area contributed by atoms with Crippen molar-refractivity contribution < 1.29 is 9.09 Å². The third kappa shape index (κ3) is 6.61. The van der Waals surface area contributed by atoms with E-state index in [4.69, 9.17) is 4.52 Å². The predicted octanol–water partition coefficient (Wildman–Crippen LogP) is 0.767. The van der Waals surface area contributed by atoms with Gasteiger partial charge in [-0.1, -0.05) is 6.92 Å². The summed E-state index contributed by atoms with van der Waals surface area (Å²) in [6, 6.07) is 0. The van der Waals surface area contributed by atoms with E-state index in [0.29, 0.717) is 6.16 Å². The molecule has 0 aromatic heterocycles. The molecule has 0 aliphatic carbocycles. The van der Waals surface area contributed by atoms with Crippen LogP contribution in [-0.4, -0.2) is 37.3 Å². The van der Waals surface area contributed by atoms with E-state index in [2.05, 4.69) is 0 Å². The summed E-state index contributed by atoms with van der Waals surface area (Å²) in [5, 5.41) is 0. The average molecular weight is 166 g/mol. The topological polar surface area (TPSA) is 26.3 Å². The highest BCUT2D eigenvalue weighted by atomic mass is 31.2. The molecule has 0 saturated heterocycles. The zero-order valence-electron chi connectivity index (χ0n) is 5.68. The summed E-state index contributed by atoms with van der Waals surface area (Å²) in [6.07, 6.45) is 1.63. The van der Waals surface area contributed by atoms with Crippen LogP contribution in [0, 0.1) is 0 Å². The second-order valence-electron chi connectivity index (χ2n) is 1.92. The Balaban J connectivity index is 0. The minimum atomic E-state index is -2.17. The van der Waals surface area contributed by atoms with E-state index in [1.165, 1.54) is 7.11 Å². The van der Waals surface area contributed by atoms with Crippen molar-refractivity contribution in [2.45, 2.75) is 13.3 Å². The third-order valence-corrected chi connectivity index (χ3v) is 3.05. The van der Waals surface area contributed by atoms with Gasteiger partial charge in [-0.3, -0.25) is 4.57 Å². The Hall–Kier alpha value is 0.722. The third-order valence-electron chi connectivity index (χ3n) is 1.02. The summed E-state index contributed by atoms with van der Waals surface area (Å²) in [5.41, 5.74) is 0. The molecule has 0 saturated carbocycles. The maximum Gasteiger partial charge on any atom is 0.199 e. The minimum Gasteiger partial charge on any atom is -0.332 e. The van der Waals surface area contributed by atoms with Gasteiger partial charge in [-0.05, 0) is 6.42 Å². The monoisotopic (exact) mass is 166 g/mol. The molecule has 0 bridgehead atoms. The van der Waals surface area contributed by atoms with Gasteiger partial charge in [0.05, 0.1) is 0 Å².